The van der Waals surface area contributed by atoms with Crippen molar-refractivity contribution < 1.29 is 9.53 Å². The number of carbonyl (C=O) groups is 1. The number of rotatable bonds is 2. The minimum absolute atomic E-state index is 0.348. The van der Waals surface area contributed by atoms with E-state index in [0.29, 0.717) is 11.3 Å². The number of ether oxygens (including phenoxy) is 1. The first-order chi connectivity index (χ1) is 9.70. The molecule has 2 N–H and O–H groups in total. The minimum Gasteiger partial charge on any atom is -0.465 e. The normalized spacial score (nSPS) is 13.2. The van der Waals surface area contributed by atoms with E-state index in [0.717, 1.165) is 24.3 Å². The third-order valence-electron chi connectivity index (χ3n) is 3.63. The van der Waals surface area contributed by atoms with Crippen LogP contribution in [-0.4, -0.2) is 19.6 Å². The van der Waals surface area contributed by atoms with Gasteiger partial charge in [-0.1, -0.05) is 18.2 Å². The van der Waals surface area contributed by atoms with Crippen LogP contribution in [0.1, 0.15) is 15.9 Å². The lowest BCUT2D eigenvalue weighted by atomic mass is 10.1. The molecule has 102 valence electrons. The number of benzene rings is 2. The molecule has 0 aliphatic carbocycles. The Kier molecular flexibility index (Phi) is 3.06. The highest BCUT2D eigenvalue weighted by Gasteiger charge is 2.22. The van der Waals surface area contributed by atoms with Crippen LogP contribution in [0.25, 0.3) is 0 Å². The topological polar surface area (TPSA) is 55.6 Å². The summed E-state index contributed by atoms with van der Waals surface area (Å²) < 4.78 is 4.76. The number of carbonyl (C=O) groups excluding carboxylic acids is 1. The van der Waals surface area contributed by atoms with Gasteiger partial charge in [0.2, 0.25) is 0 Å². The maximum Gasteiger partial charge on any atom is 0.337 e. The van der Waals surface area contributed by atoms with Gasteiger partial charge in [0.1, 0.15) is 0 Å². The number of esters is 1. The van der Waals surface area contributed by atoms with E-state index >= 15 is 0 Å². The Morgan fingerprint density at radius 1 is 1.20 bits per heavy atom. The lowest BCUT2D eigenvalue weighted by Crippen LogP contribution is -2.16. The van der Waals surface area contributed by atoms with Crippen molar-refractivity contribution in [2.75, 3.05) is 24.3 Å². The van der Waals surface area contributed by atoms with Crippen molar-refractivity contribution in [3.05, 3.63) is 53.6 Å². The smallest absolute Gasteiger partial charge is 0.337 e. The zero-order valence-electron chi connectivity index (χ0n) is 11.3. The van der Waals surface area contributed by atoms with Crippen LogP contribution in [0.5, 0.6) is 0 Å². The number of hydrogen-bond acceptors (Lipinski definition) is 4. The monoisotopic (exact) mass is 268 g/mol. The molecule has 0 spiro atoms. The fourth-order valence-corrected chi connectivity index (χ4v) is 2.61. The molecule has 2 aromatic carbocycles. The van der Waals surface area contributed by atoms with Gasteiger partial charge >= 0.3 is 5.97 Å². The molecule has 0 amide bonds. The average Bonchev–Trinajstić information content (AvgIpc) is 2.91. The van der Waals surface area contributed by atoms with Crippen LogP contribution in [-0.2, 0) is 11.2 Å². The van der Waals surface area contributed by atoms with Gasteiger partial charge in [0, 0.05) is 12.2 Å². The molecule has 0 saturated heterocycles. The highest BCUT2D eigenvalue weighted by molar-refractivity contribution is 5.93. The third kappa shape index (κ3) is 1.99. The van der Waals surface area contributed by atoms with Gasteiger partial charge in [-0.2, -0.15) is 0 Å². The Morgan fingerprint density at radius 3 is 2.80 bits per heavy atom. The maximum atomic E-state index is 11.7. The Labute approximate surface area is 117 Å². The first-order valence-corrected chi connectivity index (χ1v) is 6.54. The maximum absolute atomic E-state index is 11.7. The van der Waals surface area contributed by atoms with Crippen molar-refractivity contribution in [1.82, 2.24) is 0 Å². The van der Waals surface area contributed by atoms with Crippen LogP contribution in [0.4, 0.5) is 17.1 Å². The van der Waals surface area contributed by atoms with Crippen LogP contribution in [0.2, 0.25) is 0 Å². The number of nitrogens with two attached hydrogens (primary N) is 1. The van der Waals surface area contributed by atoms with E-state index in [9.17, 15) is 4.79 Å². The summed E-state index contributed by atoms with van der Waals surface area (Å²) >= 11 is 0. The van der Waals surface area contributed by atoms with Gasteiger partial charge in [0.25, 0.3) is 0 Å². The molecule has 1 heterocycles. The molecular formula is C16H16N2O2. The summed E-state index contributed by atoms with van der Waals surface area (Å²) in [6, 6.07) is 13.5. The Morgan fingerprint density at radius 2 is 2.00 bits per heavy atom. The fraction of sp³-hybridized carbons (Fsp3) is 0.188. The molecule has 4 nitrogen and oxygen atoms in total. The quantitative estimate of drug-likeness (QED) is 0.672. The number of fused-ring (bicyclic) bond motifs is 1. The van der Waals surface area contributed by atoms with Gasteiger partial charge in [0.05, 0.1) is 24.0 Å². The summed E-state index contributed by atoms with van der Waals surface area (Å²) in [5.74, 6) is -0.348. The van der Waals surface area contributed by atoms with Crippen molar-refractivity contribution in [2.45, 2.75) is 6.42 Å². The number of hydrogen-bond donors (Lipinski definition) is 1. The van der Waals surface area contributed by atoms with Gasteiger partial charge in [-0.3, -0.25) is 0 Å². The first-order valence-electron chi connectivity index (χ1n) is 6.54. The average molecular weight is 268 g/mol. The third-order valence-corrected chi connectivity index (χ3v) is 3.63. The molecule has 0 unspecified atom stereocenters. The molecule has 0 atom stereocenters. The van der Waals surface area contributed by atoms with E-state index in [-0.39, 0.29) is 5.97 Å². The SMILES string of the molecule is COC(=O)c1ccc(N)c(N2CCc3ccccc32)c1. The second-order valence-electron chi connectivity index (χ2n) is 4.80. The van der Waals surface area contributed by atoms with E-state index in [2.05, 4.69) is 17.0 Å². The molecule has 0 aromatic heterocycles. The summed E-state index contributed by atoms with van der Waals surface area (Å²) in [4.78, 5) is 13.8. The summed E-state index contributed by atoms with van der Waals surface area (Å²) in [5.41, 5.74) is 10.6. The van der Waals surface area contributed by atoms with E-state index < -0.39 is 0 Å². The standard InChI is InChI=1S/C16H16N2O2/c1-20-16(19)12-6-7-13(17)15(10-12)18-9-8-11-4-2-3-5-14(11)18/h2-7,10H,8-9,17H2,1H3. The van der Waals surface area contributed by atoms with Gasteiger partial charge in [0.15, 0.2) is 0 Å². The van der Waals surface area contributed by atoms with Crippen LogP contribution < -0.4 is 10.6 Å². The van der Waals surface area contributed by atoms with Gasteiger partial charge < -0.3 is 15.4 Å². The number of methoxy groups -OCH3 is 1. The van der Waals surface area contributed by atoms with E-state index in [1.165, 1.54) is 12.7 Å². The number of anilines is 3. The zero-order chi connectivity index (χ0) is 14.1. The second-order valence-corrected chi connectivity index (χ2v) is 4.80. The van der Waals surface area contributed by atoms with Crippen molar-refractivity contribution >= 4 is 23.0 Å². The zero-order valence-corrected chi connectivity index (χ0v) is 11.3. The molecule has 4 heteroatoms. The van der Waals surface area contributed by atoms with Crippen molar-refractivity contribution in [1.29, 1.82) is 0 Å². The number of nitrogen functional groups attached to an aromatic ring is 1. The van der Waals surface area contributed by atoms with Crippen molar-refractivity contribution in [3.63, 3.8) is 0 Å². The summed E-state index contributed by atoms with van der Waals surface area (Å²) in [6.07, 6.45) is 0.984. The summed E-state index contributed by atoms with van der Waals surface area (Å²) in [6.45, 7) is 0.869. The van der Waals surface area contributed by atoms with Gasteiger partial charge in [-0.15, -0.1) is 0 Å². The predicted octanol–water partition coefficient (Wildman–Crippen LogP) is 2.75. The largest absolute Gasteiger partial charge is 0.465 e. The van der Waals surface area contributed by atoms with Crippen LogP contribution >= 0.6 is 0 Å². The van der Waals surface area contributed by atoms with Crippen molar-refractivity contribution in [2.24, 2.45) is 0 Å². The van der Waals surface area contributed by atoms with Crippen LogP contribution in [0.15, 0.2) is 42.5 Å². The molecule has 0 fully saturated rings. The molecule has 0 radical (unpaired) electrons. The molecular weight excluding hydrogens is 252 g/mol. The minimum atomic E-state index is -0.348. The Balaban J connectivity index is 2.05. The molecule has 2 aromatic rings. The predicted molar refractivity (Wildman–Crippen MR) is 79.3 cm³/mol. The van der Waals surface area contributed by atoms with E-state index in [1.54, 1.807) is 18.2 Å². The molecule has 0 saturated carbocycles. The first kappa shape index (κ1) is 12.5. The van der Waals surface area contributed by atoms with Crippen LogP contribution in [0.3, 0.4) is 0 Å². The highest BCUT2D eigenvalue weighted by Crippen LogP contribution is 2.37. The van der Waals surface area contributed by atoms with E-state index in [4.69, 9.17) is 10.5 Å². The molecule has 1 aliphatic heterocycles. The Bertz CT molecular complexity index is 667. The molecule has 20 heavy (non-hydrogen) atoms. The molecule has 3 rings (SSSR count). The second kappa shape index (κ2) is 4.89. The molecule has 0 bridgehead atoms. The van der Waals surface area contributed by atoms with E-state index in [1.807, 2.05) is 12.1 Å². The number of nitrogens with zero attached hydrogens (tertiary/aromatic N) is 1. The summed E-state index contributed by atoms with van der Waals surface area (Å²) in [7, 11) is 1.38. The lowest BCUT2D eigenvalue weighted by Gasteiger charge is -2.22. The Hall–Kier alpha value is -2.49. The molecule has 1 aliphatic rings. The van der Waals surface area contributed by atoms with Gasteiger partial charge in [-0.25, -0.2) is 4.79 Å². The fourth-order valence-electron chi connectivity index (χ4n) is 2.61. The summed E-state index contributed by atoms with van der Waals surface area (Å²) in [5, 5.41) is 0. The van der Waals surface area contributed by atoms with Crippen LogP contribution in [0, 0.1) is 0 Å². The van der Waals surface area contributed by atoms with Crippen molar-refractivity contribution in [3.8, 4) is 0 Å². The highest BCUT2D eigenvalue weighted by atomic mass is 16.5. The lowest BCUT2D eigenvalue weighted by molar-refractivity contribution is 0.0601. The van der Waals surface area contributed by atoms with Gasteiger partial charge in [-0.05, 0) is 36.2 Å². The number of para-hydroxylation sites is 1.